The monoisotopic (exact) mass is 267 g/mol. The number of hydrogen-bond donors (Lipinski definition) is 1. The Bertz CT molecular complexity index is 414. The largest absolute Gasteiger partial charge is 0.393 e. The molecule has 0 aliphatic carbocycles. The maximum Gasteiger partial charge on any atom is 0.186 e. The number of ketones is 1. The van der Waals surface area contributed by atoms with Crippen molar-refractivity contribution in [1.29, 1.82) is 0 Å². The molecule has 1 N–H and O–H groups in total. The third-order valence-corrected chi connectivity index (χ3v) is 4.91. The van der Waals surface area contributed by atoms with Crippen LogP contribution in [0.1, 0.15) is 34.8 Å². The predicted molar refractivity (Wildman–Crippen MR) is 74.3 cm³/mol. The molecule has 1 fully saturated rings. The summed E-state index contributed by atoms with van der Waals surface area (Å²) < 4.78 is 0. The van der Waals surface area contributed by atoms with Gasteiger partial charge in [-0.15, -0.1) is 11.3 Å². The number of nitrogens with zero attached hydrogens (tertiary/aromatic N) is 1. The van der Waals surface area contributed by atoms with Gasteiger partial charge in [0, 0.05) is 11.4 Å². The highest BCUT2D eigenvalue weighted by Crippen LogP contribution is 2.22. The minimum Gasteiger partial charge on any atom is -0.393 e. The average molecular weight is 267 g/mol. The van der Waals surface area contributed by atoms with Crippen LogP contribution in [0.5, 0.6) is 0 Å². The van der Waals surface area contributed by atoms with Gasteiger partial charge in [-0.25, -0.2) is 0 Å². The molecule has 0 saturated carbocycles. The normalized spacial score (nSPS) is 22.3. The molecule has 2 unspecified atom stereocenters. The van der Waals surface area contributed by atoms with E-state index in [1.807, 2.05) is 19.1 Å². The van der Waals surface area contributed by atoms with Crippen LogP contribution in [-0.2, 0) is 6.42 Å². The number of likely N-dealkylation sites (tertiary alicyclic amines) is 1. The Morgan fingerprint density at radius 3 is 2.94 bits per heavy atom. The van der Waals surface area contributed by atoms with E-state index in [-0.39, 0.29) is 11.9 Å². The Morgan fingerprint density at radius 2 is 2.39 bits per heavy atom. The van der Waals surface area contributed by atoms with Crippen molar-refractivity contribution in [2.45, 2.75) is 32.8 Å². The fraction of sp³-hybridized carbons (Fsp3) is 0.643. The number of aliphatic hydroxyl groups is 1. The zero-order valence-electron chi connectivity index (χ0n) is 11.1. The first-order valence-electron chi connectivity index (χ1n) is 6.62. The quantitative estimate of drug-likeness (QED) is 0.831. The van der Waals surface area contributed by atoms with Crippen LogP contribution >= 0.6 is 11.3 Å². The van der Waals surface area contributed by atoms with Crippen LogP contribution in [0.15, 0.2) is 12.1 Å². The average Bonchev–Trinajstić information content (AvgIpc) is 2.96. The Balaban J connectivity index is 1.88. The van der Waals surface area contributed by atoms with E-state index >= 15 is 0 Å². The molecule has 0 bridgehead atoms. The Morgan fingerprint density at radius 1 is 1.61 bits per heavy atom. The van der Waals surface area contributed by atoms with Gasteiger partial charge in [0.05, 0.1) is 17.5 Å². The van der Waals surface area contributed by atoms with E-state index in [1.165, 1.54) is 4.88 Å². The van der Waals surface area contributed by atoms with E-state index in [0.717, 1.165) is 30.8 Å². The van der Waals surface area contributed by atoms with Crippen LogP contribution in [0.3, 0.4) is 0 Å². The molecule has 1 saturated heterocycles. The molecule has 4 heteroatoms. The maximum atomic E-state index is 12.1. The van der Waals surface area contributed by atoms with Crippen LogP contribution in [0.25, 0.3) is 0 Å². The molecule has 2 rings (SSSR count). The van der Waals surface area contributed by atoms with E-state index in [1.54, 1.807) is 11.3 Å². The second-order valence-electron chi connectivity index (χ2n) is 5.07. The maximum absolute atomic E-state index is 12.1. The number of carbonyl (C=O) groups is 1. The van der Waals surface area contributed by atoms with Crippen LogP contribution in [-0.4, -0.2) is 41.5 Å². The zero-order valence-corrected chi connectivity index (χ0v) is 11.9. The highest BCUT2D eigenvalue weighted by atomic mass is 32.1. The molecule has 1 aliphatic rings. The lowest BCUT2D eigenvalue weighted by Gasteiger charge is -2.16. The van der Waals surface area contributed by atoms with Crippen LogP contribution in [0.2, 0.25) is 0 Å². The van der Waals surface area contributed by atoms with Gasteiger partial charge in [0.2, 0.25) is 0 Å². The van der Waals surface area contributed by atoms with Gasteiger partial charge in [-0.3, -0.25) is 9.69 Å². The molecule has 1 aromatic heterocycles. The summed E-state index contributed by atoms with van der Waals surface area (Å²) in [7, 11) is 0. The van der Waals surface area contributed by atoms with Gasteiger partial charge < -0.3 is 5.11 Å². The lowest BCUT2D eigenvalue weighted by molar-refractivity contribution is 0.0929. The molecule has 0 aromatic carbocycles. The minimum atomic E-state index is -0.265. The predicted octanol–water partition coefficient (Wildman–Crippen LogP) is 2.20. The van der Waals surface area contributed by atoms with Gasteiger partial charge in [-0.05, 0) is 44.4 Å². The molecule has 2 heterocycles. The molecule has 0 spiro atoms. The smallest absolute Gasteiger partial charge is 0.186 e. The molecular weight excluding hydrogens is 246 g/mol. The lowest BCUT2D eigenvalue weighted by atomic mass is 10.0. The summed E-state index contributed by atoms with van der Waals surface area (Å²) in [6.45, 7) is 6.20. The molecular formula is C14H21NO2S. The molecule has 2 atom stereocenters. The fourth-order valence-corrected chi connectivity index (χ4v) is 3.28. The number of aryl methyl sites for hydroxylation is 1. The molecule has 1 aliphatic heterocycles. The van der Waals surface area contributed by atoms with Crippen molar-refractivity contribution in [1.82, 2.24) is 4.90 Å². The topological polar surface area (TPSA) is 40.5 Å². The second-order valence-corrected chi connectivity index (χ2v) is 6.24. The zero-order chi connectivity index (χ0) is 13.1. The van der Waals surface area contributed by atoms with Crippen molar-refractivity contribution in [2.24, 2.45) is 5.92 Å². The van der Waals surface area contributed by atoms with Gasteiger partial charge in [0.1, 0.15) is 0 Å². The van der Waals surface area contributed by atoms with E-state index < -0.39 is 0 Å². The summed E-state index contributed by atoms with van der Waals surface area (Å²) in [6.07, 6.45) is 1.72. The van der Waals surface area contributed by atoms with E-state index in [0.29, 0.717) is 12.5 Å². The Hall–Kier alpha value is -0.710. The first kappa shape index (κ1) is 13.7. The summed E-state index contributed by atoms with van der Waals surface area (Å²) in [5.74, 6) is 0.540. The number of hydrogen-bond acceptors (Lipinski definition) is 4. The fourth-order valence-electron chi connectivity index (χ4n) is 2.40. The number of thiophene rings is 1. The van der Waals surface area contributed by atoms with Gasteiger partial charge in [0.25, 0.3) is 0 Å². The van der Waals surface area contributed by atoms with E-state index in [9.17, 15) is 9.90 Å². The first-order chi connectivity index (χ1) is 8.60. The molecule has 3 nitrogen and oxygen atoms in total. The van der Waals surface area contributed by atoms with Crippen LogP contribution in [0, 0.1) is 5.92 Å². The minimum absolute atomic E-state index is 0.214. The number of carbonyl (C=O) groups excluding carboxylic acids is 1. The highest BCUT2D eigenvalue weighted by molar-refractivity contribution is 7.14. The summed E-state index contributed by atoms with van der Waals surface area (Å²) in [5.41, 5.74) is 0. The first-order valence-corrected chi connectivity index (χ1v) is 7.44. The van der Waals surface area contributed by atoms with Crippen molar-refractivity contribution < 1.29 is 9.90 Å². The molecule has 18 heavy (non-hydrogen) atoms. The second kappa shape index (κ2) is 5.95. The Labute approximate surface area is 112 Å². The van der Waals surface area contributed by atoms with Gasteiger partial charge in [-0.1, -0.05) is 6.92 Å². The summed E-state index contributed by atoms with van der Waals surface area (Å²) >= 11 is 1.61. The number of Topliss-reactive ketones (excluding diaryl/α,β-unsaturated/α-hetero) is 1. The summed E-state index contributed by atoms with van der Waals surface area (Å²) in [6, 6.07) is 3.98. The molecule has 1 aromatic rings. The summed E-state index contributed by atoms with van der Waals surface area (Å²) in [5, 5.41) is 9.55. The molecule has 0 radical (unpaired) electrons. The van der Waals surface area contributed by atoms with Gasteiger partial charge >= 0.3 is 0 Å². The van der Waals surface area contributed by atoms with Crippen molar-refractivity contribution in [2.75, 3.05) is 19.6 Å². The Kier molecular flexibility index (Phi) is 4.54. The summed E-state index contributed by atoms with van der Waals surface area (Å²) in [4.78, 5) is 16.4. The van der Waals surface area contributed by atoms with Gasteiger partial charge in [0.15, 0.2) is 5.78 Å². The van der Waals surface area contributed by atoms with Crippen molar-refractivity contribution in [3.05, 3.63) is 21.9 Å². The van der Waals surface area contributed by atoms with Crippen molar-refractivity contribution in [3.8, 4) is 0 Å². The third-order valence-electron chi connectivity index (χ3n) is 3.64. The van der Waals surface area contributed by atoms with E-state index in [2.05, 4.69) is 11.8 Å². The van der Waals surface area contributed by atoms with E-state index in [4.69, 9.17) is 0 Å². The molecule has 0 amide bonds. The van der Waals surface area contributed by atoms with Gasteiger partial charge in [-0.2, -0.15) is 0 Å². The SMILES string of the molecule is CCc1ccc(C(=O)CN2CCC(C(C)O)C2)s1. The lowest BCUT2D eigenvalue weighted by Crippen LogP contribution is -2.29. The van der Waals surface area contributed by atoms with Crippen LogP contribution < -0.4 is 0 Å². The van der Waals surface area contributed by atoms with Crippen molar-refractivity contribution >= 4 is 17.1 Å². The van der Waals surface area contributed by atoms with Crippen LogP contribution in [0.4, 0.5) is 0 Å². The number of rotatable bonds is 5. The molecule has 100 valence electrons. The van der Waals surface area contributed by atoms with Crippen molar-refractivity contribution in [3.63, 3.8) is 0 Å². The highest BCUT2D eigenvalue weighted by Gasteiger charge is 2.27. The third kappa shape index (κ3) is 3.19. The number of aliphatic hydroxyl groups excluding tert-OH is 1. The standard InChI is InChI=1S/C14H21NO2S/c1-3-12-4-5-14(18-12)13(17)9-15-7-6-11(8-15)10(2)16/h4-5,10-11,16H,3,6-9H2,1-2H3.